The van der Waals surface area contributed by atoms with Gasteiger partial charge in [0.1, 0.15) is 5.76 Å². The van der Waals surface area contributed by atoms with Gasteiger partial charge in [0, 0.05) is 18.3 Å². The van der Waals surface area contributed by atoms with Crippen molar-refractivity contribution < 1.29 is 14.6 Å². The average Bonchev–Trinajstić information content (AvgIpc) is 2.71. The molecule has 3 rings (SSSR count). The molecule has 16 heavy (non-hydrogen) atoms. The SMILES string of the molecule is O=C(O)C1=CC=C2CC3=C(C=C2O1)NCC3. The van der Waals surface area contributed by atoms with Crippen molar-refractivity contribution in [3.8, 4) is 0 Å². The van der Waals surface area contributed by atoms with Gasteiger partial charge in [-0.2, -0.15) is 0 Å². The minimum absolute atomic E-state index is 0.0166. The van der Waals surface area contributed by atoms with Crippen LogP contribution in [-0.4, -0.2) is 17.6 Å². The van der Waals surface area contributed by atoms with Gasteiger partial charge in [0.05, 0.1) is 0 Å². The molecule has 2 N–H and O–H groups in total. The lowest BCUT2D eigenvalue weighted by Crippen LogP contribution is -2.14. The molecule has 0 spiro atoms. The Morgan fingerprint density at radius 2 is 2.31 bits per heavy atom. The molecule has 0 radical (unpaired) electrons. The summed E-state index contributed by atoms with van der Waals surface area (Å²) in [7, 11) is 0. The fourth-order valence-corrected chi connectivity index (χ4v) is 2.17. The number of allylic oxidation sites excluding steroid dienone is 4. The molecule has 0 fully saturated rings. The van der Waals surface area contributed by atoms with Crippen molar-refractivity contribution in [1.82, 2.24) is 5.32 Å². The maximum absolute atomic E-state index is 10.8. The van der Waals surface area contributed by atoms with E-state index in [0.29, 0.717) is 5.76 Å². The van der Waals surface area contributed by atoms with Gasteiger partial charge in [0.15, 0.2) is 0 Å². The molecule has 0 aromatic rings. The van der Waals surface area contributed by atoms with Gasteiger partial charge in [0.2, 0.25) is 5.76 Å². The van der Waals surface area contributed by atoms with Crippen LogP contribution in [0, 0.1) is 0 Å². The first kappa shape index (κ1) is 9.27. The largest absolute Gasteiger partial charge is 0.475 e. The van der Waals surface area contributed by atoms with Crippen LogP contribution in [0.2, 0.25) is 0 Å². The van der Waals surface area contributed by atoms with Crippen LogP contribution in [-0.2, 0) is 9.53 Å². The topological polar surface area (TPSA) is 58.6 Å². The van der Waals surface area contributed by atoms with E-state index in [1.54, 1.807) is 0 Å². The van der Waals surface area contributed by atoms with Crippen molar-refractivity contribution in [3.63, 3.8) is 0 Å². The van der Waals surface area contributed by atoms with Crippen LogP contribution in [0.15, 0.2) is 46.6 Å². The summed E-state index contributed by atoms with van der Waals surface area (Å²) in [5, 5.41) is 12.1. The maximum atomic E-state index is 10.8. The van der Waals surface area contributed by atoms with Crippen LogP contribution >= 0.6 is 0 Å². The average molecular weight is 217 g/mol. The summed E-state index contributed by atoms with van der Waals surface area (Å²) in [4.78, 5) is 10.8. The molecule has 0 saturated carbocycles. The van der Waals surface area contributed by atoms with Crippen LogP contribution in [0.1, 0.15) is 12.8 Å². The lowest BCUT2D eigenvalue weighted by molar-refractivity contribution is -0.135. The van der Waals surface area contributed by atoms with Crippen molar-refractivity contribution in [2.75, 3.05) is 6.54 Å². The number of carbonyl (C=O) groups is 1. The Kier molecular flexibility index (Phi) is 1.89. The summed E-state index contributed by atoms with van der Waals surface area (Å²) in [6.07, 6.45) is 7.17. The number of carboxylic acid groups (broad SMARTS) is 1. The van der Waals surface area contributed by atoms with Crippen molar-refractivity contribution >= 4 is 5.97 Å². The molecule has 0 saturated heterocycles. The smallest absolute Gasteiger partial charge is 0.371 e. The third-order valence-corrected chi connectivity index (χ3v) is 2.99. The molecule has 0 aromatic carbocycles. The number of fused-ring (bicyclic) bond motifs is 1. The van der Waals surface area contributed by atoms with E-state index in [1.165, 1.54) is 11.6 Å². The fourth-order valence-electron chi connectivity index (χ4n) is 2.17. The molecule has 4 heteroatoms. The second kappa shape index (κ2) is 3.27. The molecule has 3 aliphatic rings. The van der Waals surface area contributed by atoms with Gasteiger partial charge in [-0.1, -0.05) is 6.08 Å². The molecule has 82 valence electrons. The molecule has 2 heterocycles. The Labute approximate surface area is 92.6 Å². The molecular weight excluding hydrogens is 206 g/mol. The van der Waals surface area contributed by atoms with Crippen molar-refractivity contribution in [1.29, 1.82) is 0 Å². The minimum atomic E-state index is -1.03. The van der Waals surface area contributed by atoms with E-state index in [4.69, 9.17) is 9.84 Å². The number of aliphatic carboxylic acids is 1. The quantitative estimate of drug-likeness (QED) is 0.698. The van der Waals surface area contributed by atoms with Crippen LogP contribution in [0.25, 0.3) is 0 Å². The predicted octanol–water partition coefficient (Wildman–Crippen LogP) is 1.45. The number of hydrogen-bond acceptors (Lipinski definition) is 3. The number of nitrogens with one attached hydrogen (secondary N) is 1. The first-order chi connectivity index (χ1) is 7.74. The molecule has 1 aliphatic carbocycles. The highest BCUT2D eigenvalue weighted by Crippen LogP contribution is 2.35. The minimum Gasteiger partial charge on any atom is -0.475 e. The summed E-state index contributed by atoms with van der Waals surface area (Å²) < 4.78 is 5.34. The van der Waals surface area contributed by atoms with Crippen LogP contribution in [0.5, 0.6) is 0 Å². The Morgan fingerprint density at radius 3 is 3.12 bits per heavy atom. The second-order valence-electron chi connectivity index (χ2n) is 4.01. The normalized spacial score (nSPS) is 22.1. The van der Waals surface area contributed by atoms with E-state index in [-0.39, 0.29) is 5.76 Å². The monoisotopic (exact) mass is 217 g/mol. The molecule has 2 aliphatic heterocycles. The first-order valence-electron chi connectivity index (χ1n) is 5.24. The van der Waals surface area contributed by atoms with E-state index in [0.717, 1.165) is 30.7 Å². The van der Waals surface area contributed by atoms with Gasteiger partial charge in [0.25, 0.3) is 0 Å². The molecule has 0 amide bonds. The van der Waals surface area contributed by atoms with E-state index in [2.05, 4.69) is 5.32 Å². The summed E-state index contributed by atoms with van der Waals surface area (Å²) in [6.45, 7) is 0.959. The van der Waals surface area contributed by atoms with Crippen LogP contribution in [0.3, 0.4) is 0 Å². The van der Waals surface area contributed by atoms with Crippen LogP contribution < -0.4 is 5.32 Å². The van der Waals surface area contributed by atoms with E-state index >= 15 is 0 Å². The van der Waals surface area contributed by atoms with Crippen molar-refractivity contribution in [3.05, 3.63) is 46.6 Å². The third kappa shape index (κ3) is 1.34. The summed E-state index contributed by atoms with van der Waals surface area (Å²) in [6, 6.07) is 0. The number of carboxylic acids is 1. The second-order valence-corrected chi connectivity index (χ2v) is 4.01. The fraction of sp³-hybridized carbons (Fsp3) is 0.250. The number of ether oxygens (including phenoxy) is 1. The number of hydrogen-bond donors (Lipinski definition) is 2. The summed E-state index contributed by atoms with van der Waals surface area (Å²) in [5.74, 6) is -0.388. The standard InChI is InChI=1S/C12H11NO3/c14-12(15)10-2-1-8-5-7-3-4-13-9(7)6-11(8)16-10/h1-2,6,13H,3-5H2,(H,14,15). The zero-order valence-corrected chi connectivity index (χ0v) is 8.62. The summed E-state index contributed by atoms with van der Waals surface area (Å²) >= 11 is 0. The molecule has 0 atom stereocenters. The van der Waals surface area contributed by atoms with Gasteiger partial charge in [-0.15, -0.1) is 0 Å². The van der Waals surface area contributed by atoms with Gasteiger partial charge in [-0.3, -0.25) is 0 Å². The number of rotatable bonds is 1. The molecular formula is C12H11NO3. The Bertz CT molecular complexity index is 494. The Balaban J connectivity index is 1.95. The zero-order chi connectivity index (χ0) is 11.1. The molecule has 0 aromatic heterocycles. The predicted molar refractivity (Wildman–Crippen MR) is 57.2 cm³/mol. The van der Waals surface area contributed by atoms with Gasteiger partial charge in [-0.05, 0) is 30.1 Å². The molecule has 4 nitrogen and oxygen atoms in total. The van der Waals surface area contributed by atoms with E-state index in [9.17, 15) is 4.79 Å². The highest BCUT2D eigenvalue weighted by atomic mass is 16.5. The summed E-state index contributed by atoms with van der Waals surface area (Å²) in [5.41, 5.74) is 3.54. The van der Waals surface area contributed by atoms with Crippen LogP contribution in [0.4, 0.5) is 0 Å². The van der Waals surface area contributed by atoms with Crippen molar-refractivity contribution in [2.24, 2.45) is 0 Å². The van der Waals surface area contributed by atoms with E-state index in [1.807, 2.05) is 12.2 Å². The lowest BCUT2D eigenvalue weighted by Gasteiger charge is -2.21. The van der Waals surface area contributed by atoms with Gasteiger partial charge < -0.3 is 15.2 Å². The highest BCUT2D eigenvalue weighted by Gasteiger charge is 2.26. The van der Waals surface area contributed by atoms with E-state index < -0.39 is 5.97 Å². The van der Waals surface area contributed by atoms with Gasteiger partial charge in [-0.25, -0.2) is 4.79 Å². The van der Waals surface area contributed by atoms with Gasteiger partial charge >= 0.3 is 5.97 Å². The molecule has 0 bridgehead atoms. The third-order valence-electron chi connectivity index (χ3n) is 2.99. The van der Waals surface area contributed by atoms with Crippen molar-refractivity contribution in [2.45, 2.75) is 12.8 Å². The zero-order valence-electron chi connectivity index (χ0n) is 8.62. The lowest BCUT2D eigenvalue weighted by atomic mass is 9.94. The molecule has 0 unspecified atom stereocenters. The first-order valence-corrected chi connectivity index (χ1v) is 5.24. The Morgan fingerprint density at radius 1 is 1.44 bits per heavy atom. The Hall–Kier alpha value is -1.97. The highest BCUT2D eigenvalue weighted by molar-refractivity contribution is 5.85. The maximum Gasteiger partial charge on any atom is 0.371 e.